The fraction of sp³-hybridized carbons (Fsp3) is 0.318. The third kappa shape index (κ3) is 5.71. The maximum absolute atomic E-state index is 13.2. The molecule has 0 atom stereocenters. The number of nitrogens with zero attached hydrogens (tertiary/aromatic N) is 4. The van der Waals surface area contributed by atoms with Gasteiger partial charge in [0.05, 0.1) is 27.1 Å². The van der Waals surface area contributed by atoms with Crippen LogP contribution in [0.15, 0.2) is 49.1 Å². The maximum atomic E-state index is 13.2. The summed E-state index contributed by atoms with van der Waals surface area (Å²) in [6.07, 6.45) is 5.74. The third-order valence-corrected chi connectivity index (χ3v) is 4.83. The molecule has 9 heteroatoms. The minimum Gasteiger partial charge on any atom is -0.493 e. The summed E-state index contributed by atoms with van der Waals surface area (Å²) >= 11 is 0. The van der Waals surface area contributed by atoms with Crippen molar-refractivity contribution in [1.82, 2.24) is 19.9 Å². The van der Waals surface area contributed by atoms with Gasteiger partial charge >= 0.3 is 6.03 Å². The third-order valence-electron chi connectivity index (χ3n) is 4.83. The summed E-state index contributed by atoms with van der Waals surface area (Å²) in [6, 6.07) is 7.83. The van der Waals surface area contributed by atoms with Crippen LogP contribution in [0.1, 0.15) is 17.7 Å². The number of nitrogens with one attached hydrogen (secondary N) is 1. The SMILES string of the molecule is COc1ccc(N(Cc2ccc(F)nc2)C(=O)NCCCn2cncc2C)cc1OC. The van der Waals surface area contributed by atoms with E-state index < -0.39 is 5.95 Å². The molecule has 0 aliphatic rings. The Balaban J connectivity index is 1.73. The first-order chi connectivity index (χ1) is 15.0. The molecule has 2 heterocycles. The van der Waals surface area contributed by atoms with Crippen LogP contribution in [0.4, 0.5) is 14.9 Å². The lowest BCUT2D eigenvalue weighted by atomic mass is 10.2. The predicted molar refractivity (Wildman–Crippen MR) is 115 cm³/mol. The van der Waals surface area contributed by atoms with Crippen LogP contribution in [0, 0.1) is 12.9 Å². The Kier molecular flexibility index (Phi) is 7.42. The molecule has 2 amide bonds. The second kappa shape index (κ2) is 10.4. The molecule has 1 aromatic carbocycles. The van der Waals surface area contributed by atoms with Gasteiger partial charge in [0.1, 0.15) is 0 Å². The van der Waals surface area contributed by atoms with Crippen molar-refractivity contribution in [1.29, 1.82) is 0 Å². The van der Waals surface area contributed by atoms with Gasteiger partial charge in [-0.25, -0.2) is 14.8 Å². The minimum absolute atomic E-state index is 0.217. The number of hydrogen-bond acceptors (Lipinski definition) is 5. The molecule has 2 aromatic heterocycles. The maximum Gasteiger partial charge on any atom is 0.322 e. The number of carbonyl (C=O) groups excluding carboxylic acids is 1. The second-order valence-corrected chi connectivity index (χ2v) is 6.93. The average molecular weight is 427 g/mol. The monoisotopic (exact) mass is 427 g/mol. The molecule has 3 aromatic rings. The number of anilines is 1. The smallest absolute Gasteiger partial charge is 0.322 e. The normalized spacial score (nSPS) is 10.6. The molecule has 0 spiro atoms. The van der Waals surface area contributed by atoms with Crippen LogP contribution < -0.4 is 19.7 Å². The molecular weight excluding hydrogens is 401 g/mol. The fourth-order valence-electron chi connectivity index (χ4n) is 3.12. The van der Waals surface area contributed by atoms with Crippen molar-refractivity contribution in [3.8, 4) is 11.5 Å². The van der Waals surface area contributed by atoms with E-state index in [0.29, 0.717) is 29.3 Å². The minimum atomic E-state index is -0.569. The molecule has 0 bridgehead atoms. The largest absolute Gasteiger partial charge is 0.493 e. The number of hydrogen-bond donors (Lipinski definition) is 1. The van der Waals surface area contributed by atoms with Crippen LogP contribution in [0.5, 0.6) is 11.5 Å². The Bertz CT molecular complexity index is 1010. The van der Waals surface area contributed by atoms with E-state index >= 15 is 0 Å². The molecule has 0 radical (unpaired) electrons. The van der Waals surface area contributed by atoms with Crippen LogP contribution in [-0.2, 0) is 13.1 Å². The van der Waals surface area contributed by atoms with E-state index in [1.54, 1.807) is 48.8 Å². The summed E-state index contributed by atoms with van der Waals surface area (Å²) in [7, 11) is 3.09. The summed E-state index contributed by atoms with van der Waals surface area (Å²) < 4.78 is 25.9. The molecule has 164 valence electrons. The highest BCUT2D eigenvalue weighted by atomic mass is 19.1. The summed E-state index contributed by atoms with van der Waals surface area (Å²) in [4.78, 5) is 22.4. The number of halogens is 1. The van der Waals surface area contributed by atoms with E-state index in [-0.39, 0.29) is 12.6 Å². The number of methoxy groups -OCH3 is 2. The van der Waals surface area contributed by atoms with Crippen LogP contribution >= 0.6 is 0 Å². The Hall–Kier alpha value is -3.62. The molecule has 0 saturated carbocycles. The van der Waals surface area contributed by atoms with Gasteiger partial charge in [0.25, 0.3) is 0 Å². The number of rotatable bonds is 9. The molecule has 8 nitrogen and oxygen atoms in total. The number of amides is 2. The lowest BCUT2D eigenvalue weighted by Gasteiger charge is -2.24. The van der Waals surface area contributed by atoms with Crippen LogP contribution in [0.25, 0.3) is 0 Å². The zero-order chi connectivity index (χ0) is 22.2. The van der Waals surface area contributed by atoms with Crippen molar-refractivity contribution in [2.45, 2.75) is 26.4 Å². The van der Waals surface area contributed by atoms with Crippen LogP contribution in [0.3, 0.4) is 0 Å². The summed E-state index contributed by atoms with van der Waals surface area (Å²) in [5.74, 6) is 0.497. The van der Waals surface area contributed by atoms with E-state index in [0.717, 1.165) is 18.7 Å². The van der Waals surface area contributed by atoms with Crippen molar-refractivity contribution in [3.05, 3.63) is 66.3 Å². The average Bonchev–Trinajstić information content (AvgIpc) is 3.20. The van der Waals surface area contributed by atoms with Crippen molar-refractivity contribution in [3.63, 3.8) is 0 Å². The number of aromatic nitrogens is 3. The van der Waals surface area contributed by atoms with Gasteiger partial charge in [0.2, 0.25) is 5.95 Å². The molecular formula is C22H26FN5O3. The van der Waals surface area contributed by atoms with Gasteiger partial charge in [-0.3, -0.25) is 4.90 Å². The van der Waals surface area contributed by atoms with Gasteiger partial charge in [-0.05, 0) is 37.1 Å². The predicted octanol–water partition coefficient (Wildman–Crippen LogP) is 3.55. The molecule has 1 N–H and O–H groups in total. The molecule has 0 aliphatic carbocycles. The van der Waals surface area contributed by atoms with Gasteiger partial charge in [0.15, 0.2) is 11.5 Å². The van der Waals surface area contributed by atoms with E-state index in [1.807, 2.05) is 11.5 Å². The first-order valence-corrected chi connectivity index (χ1v) is 9.86. The van der Waals surface area contributed by atoms with E-state index in [1.165, 1.54) is 19.4 Å². The highest BCUT2D eigenvalue weighted by Crippen LogP contribution is 2.32. The first-order valence-electron chi connectivity index (χ1n) is 9.86. The first kappa shape index (κ1) is 22.1. The Morgan fingerprint density at radius 3 is 2.61 bits per heavy atom. The topological polar surface area (TPSA) is 81.5 Å². The molecule has 0 saturated heterocycles. The summed E-state index contributed by atoms with van der Waals surface area (Å²) in [5.41, 5.74) is 2.38. The number of carbonyl (C=O) groups is 1. The fourth-order valence-corrected chi connectivity index (χ4v) is 3.12. The summed E-state index contributed by atoms with van der Waals surface area (Å²) in [6.45, 7) is 3.45. The lowest BCUT2D eigenvalue weighted by molar-refractivity contribution is 0.245. The van der Waals surface area contributed by atoms with Crippen molar-refractivity contribution >= 4 is 11.7 Å². The molecule has 0 unspecified atom stereocenters. The molecule has 31 heavy (non-hydrogen) atoms. The lowest BCUT2D eigenvalue weighted by Crippen LogP contribution is -2.40. The zero-order valence-corrected chi connectivity index (χ0v) is 17.8. The van der Waals surface area contributed by atoms with Gasteiger partial charge in [0, 0.05) is 42.9 Å². The van der Waals surface area contributed by atoms with Crippen molar-refractivity contribution in [2.75, 3.05) is 25.7 Å². The Morgan fingerprint density at radius 2 is 1.97 bits per heavy atom. The standard InChI is InChI=1S/C22H26FN5O3/c1-16-12-24-15-27(16)10-4-9-25-22(29)28(14-17-5-8-21(23)26-13-17)18-6-7-19(30-2)20(11-18)31-3/h5-8,11-13,15H,4,9-10,14H2,1-3H3,(H,25,29). The number of ether oxygens (including phenoxy) is 2. The van der Waals surface area contributed by atoms with Gasteiger partial charge in [-0.15, -0.1) is 0 Å². The molecule has 0 fully saturated rings. The number of aryl methyl sites for hydroxylation is 2. The zero-order valence-electron chi connectivity index (χ0n) is 17.8. The number of urea groups is 1. The molecule has 0 aliphatic heterocycles. The van der Waals surface area contributed by atoms with E-state index in [4.69, 9.17) is 9.47 Å². The number of benzene rings is 1. The van der Waals surface area contributed by atoms with Crippen LogP contribution in [-0.4, -0.2) is 41.3 Å². The van der Waals surface area contributed by atoms with Gasteiger partial charge < -0.3 is 19.4 Å². The van der Waals surface area contributed by atoms with E-state index in [2.05, 4.69) is 15.3 Å². The highest BCUT2D eigenvalue weighted by molar-refractivity contribution is 5.92. The second-order valence-electron chi connectivity index (χ2n) is 6.93. The van der Waals surface area contributed by atoms with Gasteiger partial charge in [-0.1, -0.05) is 6.07 Å². The summed E-state index contributed by atoms with van der Waals surface area (Å²) in [5, 5.41) is 2.95. The van der Waals surface area contributed by atoms with E-state index in [9.17, 15) is 9.18 Å². The van der Waals surface area contributed by atoms with Crippen molar-refractivity contribution < 1.29 is 18.7 Å². The van der Waals surface area contributed by atoms with Crippen molar-refractivity contribution in [2.24, 2.45) is 0 Å². The molecule has 3 rings (SSSR count). The Morgan fingerprint density at radius 1 is 1.16 bits per heavy atom. The van der Waals surface area contributed by atoms with Gasteiger partial charge in [-0.2, -0.15) is 4.39 Å². The highest BCUT2D eigenvalue weighted by Gasteiger charge is 2.18. The quantitative estimate of drug-likeness (QED) is 0.417. The number of pyridine rings is 1. The van der Waals surface area contributed by atoms with Crippen LogP contribution in [0.2, 0.25) is 0 Å². The number of imidazole rings is 1. The Labute approximate surface area is 180 Å².